The van der Waals surface area contributed by atoms with Crippen LogP contribution in [-0.4, -0.2) is 36.7 Å². The number of ether oxygens (including phenoxy) is 1. The molecule has 1 atom stereocenters. The van der Waals surface area contributed by atoms with E-state index in [0.29, 0.717) is 5.25 Å². The van der Waals surface area contributed by atoms with E-state index in [-0.39, 0.29) is 12.0 Å². The molecule has 0 aromatic carbocycles. The van der Waals surface area contributed by atoms with E-state index in [1.807, 2.05) is 18.7 Å². The van der Waals surface area contributed by atoms with Crippen LogP contribution in [0.4, 0.5) is 0 Å². The molecule has 0 fully saturated rings. The summed E-state index contributed by atoms with van der Waals surface area (Å²) in [6.07, 6.45) is 0.837. The third kappa shape index (κ3) is 6.27. The number of rotatable bonds is 7. The Labute approximate surface area is 91.0 Å². The normalized spacial score (nSPS) is 12.9. The lowest BCUT2D eigenvalue weighted by atomic mass is 10.2. The summed E-state index contributed by atoms with van der Waals surface area (Å²) < 4.78 is 4.71. The van der Waals surface area contributed by atoms with E-state index < -0.39 is 0 Å². The number of nitrogens with one attached hydrogen (secondary N) is 1. The van der Waals surface area contributed by atoms with Gasteiger partial charge in [-0.15, -0.1) is 0 Å². The molecule has 0 heterocycles. The minimum atomic E-state index is -0.156. The lowest BCUT2D eigenvalue weighted by Crippen LogP contribution is -2.38. The highest BCUT2D eigenvalue weighted by Crippen LogP contribution is 2.12. The van der Waals surface area contributed by atoms with Crippen molar-refractivity contribution >= 4 is 17.7 Å². The van der Waals surface area contributed by atoms with Crippen LogP contribution in [-0.2, 0) is 9.53 Å². The molecule has 0 aliphatic heterocycles. The number of esters is 1. The van der Waals surface area contributed by atoms with E-state index in [2.05, 4.69) is 19.2 Å². The average molecular weight is 219 g/mol. The van der Waals surface area contributed by atoms with Gasteiger partial charge in [-0.3, -0.25) is 4.79 Å². The van der Waals surface area contributed by atoms with Gasteiger partial charge in [0.05, 0.1) is 7.11 Å². The number of likely N-dealkylation sites (N-methyl/N-ethyl adjacent to an activating group) is 1. The first-order valence-electron chi connectivity index (χ1n) is 5.04. The topological polar surface area (TPSA) is 38.3 Å². The summed E-state index contributed by atoms with van der Waals surface area (Å²) >= 11 is 1.87. The maximum Gasteiger partial charge on any atom is 0.322 e. The van der Waals surface area contributed by atoms with Crippen LogP contribution in [0.1, 0.15) is 27.2 Å². The first-order chi connectivity index (χ1) is 6.61. The van der Waals surface area contributed by atoms with E-state index in [1.54, 1.807) is 0 Å². The van der Waals surface area contributed by atoms with Crippen molar-refractivity contribution in [2.24, 2.45) is 0 Å². The number of carbonyl (C=O) groups excluding carboxylic acids is 1. The first-order valence-corrected chi connectivity index (χ1v) is 6.09. The lowest BCUT2D eigenvalue weighted by molar-refractivity contribution is -0.143. The Balaban J connectivity index is 3.78. The Morgan fingerprint density at radius 3 is 2.57 bits per heavy atom. The molecule has 0 aliphatic carbocycles. The van der Waals surface area contributed by atoms with E-state index in [0.717, 1.165) is 18.7 Å². The van der Waals surface area contributed by atoms with Gasteiger partial charge < -0.3 is 10.1 Å². The number of thioether (sulfide) groups is 1. The van der Waals surface area contributed by atoms with Crippen LogP contribution in [0.25, 0.3) is 0 Å². The zero-order valence-electron chi connectivity index (χ0n) is 9.50. The Morgan fingerprint density at radius 1 is 1.50 bits per heavy atom. The second-order valence-corrected chi connectivity index (χ2v) is 5.03. The number of hydrogen-bond donors (Lipinski definition) is 1. The SMILES string of the molecule is CCNC(CCSC(C)C)C(=O)OC. The second kappa shape index (κ2) is 8.12. The summed E-state index contributed by atoms with van der Waals surface area (Å²) in [6, 6.07) is -0.142. The predicted molar refractivity (Wildman–Crippen MR) is 61.7 cm³/mol. The van der Waals surface area contributed by atoms with E-state index in [1.165, 1.54) is 7.11 Å². The molecular weight excluding hydrogens is 198 g/mol. The van der Waals surface area contributed by atoms with Crippen molar-refractivity contribution in [1.29, 1.82) is 0 Å². The molecular formula is C10H21NO2S. The van der Waals surface area contributed by atoms with Crippen LogP contribution in [0.2, 0.25) is 0 Å². The standard InChI is InChI=1S/C10H21NO2S/c1-5-11-9(10(12)13-4)6-7-14-8(2)3/h8-9,11H,5-7H2,1-4H3. The van der Waals surface area contributed by atoms with E-state index in [4.69, 9.17) is 4.74 Å². The van der Waals surface area contributed by atoms with Gasteiger partial charge in [0.2, 0.25) is 0 Å². The Morgan fingerprint density at radius 2 is 2.14 bits per heavy atom. The van der Waals surface area contributed by atoms with Crippen molar-refractivity contribution in [1.82, 2.24) is 5.32 Å². The highest BCUT2D eigenvalue weighted by atomic mass is 32.2. The van der Waals surface area contributed by atoms with Gasteiger partial charge in [0.15, 0.2) is 0 Å². The molecule has 0 amide bonds. The summed E-state index contributed by atoms with van der Waals surface area (Å²) in [7, 11) is 1.43. The molecule has 1 N–H and O–H groups in total. The number of hydrogen-bond acceptors (Lipinski definition) is 4. The van der Waals surface area contributed by atoms with Gasteiger partial charge in [0.1, 0.15) is 6.04 Å². The second-order valence-electron chi connectivity index (χ2n) is 3.34. The molecule has 0 aliphatic rings. The highest BCUT2D eigenvalue weighted by molar-refractivity contribution is 7.99. The molecule has 0 saturated carbocycles. The molecule has 0 aromatic rings. The number of carbonyl (C=O) groups is 1. The Kier molecular flexibility index (Phi) is 7.99. The average Bonchev–Trinajstić information content (AvgIpc) is 2.15. The minimum absolute atomic E-state index is 0.142. The van der Waals surface area contributed by atoms with Crippen LogP contribution in [0.3, 0.4) is 0 Å². The first kappa shape index (κ1) is 13.8. The van der Waals surface area contributed by atoms with Crippen LogP contribution in [0.15, 0.2) is 0 Å². The molecule has 14 heavy (non-hydrogen) atoms. The van der Waals surface area contributed by atoms with Crippen molar-refractivity contribution in [2.45, 2.75) is 38.5 Å². The molecule has 0 radical (unpaired) electrons. The van der Waals surface area contributed by atoms with Crippen LogP contribution >= 0.6 is 11.8 Å². The lowest BCUT2D eigenvalue weighted by Gasteiger charge is -2.15. The highest BCUT2D eigenvalue weighted by Gasteiger charge is 2.17. The van der Waals surface area contributed by atoms with Crippen LogP contribution in [0, 0.1) is 0 Å². The largest absolute Gasteiger partial charge is 0.468 e. The third-order valence-corrected chi connectivity index (χ3v) is 2.93. The fourth-order valence-corrected chi connectivity index (χ4v) is 1.96. The monoisotopic (exact) mass is 219 g/mol. The number of methoxy groups -OCH3 is 1. The van der Waals surface area contributed by atoms with Crippen LogP contribution in [0.5, 0.6) is 0 Å². The maximum absolute atomic E-state index is 11.3. The quantitative estimate of drug-likeness (QED) is 0.661. The van der Waals surface area contributed by atoms with Crippen molar-refractivity contribution in [3.63, 3.8) is 0 Å². The molecule has 0 spiro atoms. The molecule has 1 unspecified atom stereocenters. The summed E-state index contributed by atoms with van der Waals surface area (Å²) in [5.74, 6) is 0.834. The minimum Gasteiger partial charge on any atom is -0.468 e. The fourth-order valence-electron chi connectivity index (χ4n) is 1.11. The van der Waals surface area contributed by atoms with Crippen LogP contribution < -0.4 is 5.32 Å². The smallest absolute Gasteiger partial charge is 0.322 e. The van der Waals surface area contributed by atoms with Gasteiger partial charge in [0.25, 0.3) is 0 Å². The maximum atomic E-state index is 11.3. The molecule has 84 valence electrons. The van der Waals surface area contributed by atoms with Gasteiger partial charge in [0, 0.05) is 0 Å². The van der Waals surface area contributed by atoms with Gasteiger partial charge in [-0.2, -0.15) is 11.8 Å². The molecule has 0 rings (SSSR count). The Bertz CT molecular complexity index is 162. The van der Waals surface area contributed by atoms with E-state index >= 15 is 0 Å². The predicted octanol–water partition coefficient (Wildman–Crippen LogP) is 1.67. The molecule has 3 nitrogen and oxygen atoms in total. The molecule has 0 aromatic heterocycles. The van der Waals surface area contributed by atoms with Gasteiger partial charge in [-0.05, 0) is 24.0 Å². The zero-order chi connectivity index (χ0) is 11.0. The summed E-state index contributed by atoms with van der Waals surface area (Å²) in [5.41, 5.74) is 0. The van der Waals surface area contributed by atoms with Crippen molar-refractivity contribution < 1.29 is 9.53 Å². The fraction of sp³-hybridized carbons (Fsp3) is 0.900. The zero-order valence-corrected chi connectivity index (χ0v) is 10.3. The van der Waals surface area contributed by atoms with Gasteiger partial charge in [-0.1, -0.05) is 20.8 Å². The van der Waals surface area contributed by atoms with Crippen molar-refractivity contribution in [3.05, 3.63) is 0 Å². The van der Waals surface area contributed by atoms with Crippen molar-refractivity contribution in [2.75, 3.05) is 19.4 Å². The van der Waals surface area contributed by atoms with Gasteiger partial charge >= 0.3 is 5.97 Å². The summed E-state index contributed by atoms with van der Waals surface area (Å²) in [4.78, 5) is 11.3. The molecule has 4 heteroatoms. The van der Waals surface area contributed by atoms with Gasteiger partial charge in [-0.25, -0.2) is 0 Å². The third-order valence-electron chi connectivity index (χ3n) is 1.79. The van der Waals surface area contributed by atoms with E-state index in [9.17, 15) is 4.79 Å². The molecule has 0 bridgehead atoms. The molecule has 0 saturated heterocycles. The summed E-state index contributed by atoms with van der Waals surface area (Å²) in [6.45, 7) is 7.10. The van der Waals surface area contributed by atoms with Crippen molar-refractivity contribution in [3.8, 4) is 0 Å². The Hall–Kier alpha value is -0.220. The summed E-state index contributed by atoms with van der Waals surface area (Å²) in [5, 5.41) is 3.74.